The molecular weight excluding hydrogens is 375 g/mol. The van der Waals surface area contributed by atoms with Crippen molar-refractivity contribution >= 4 is 10.1 Å². The summed E-state index contributed by atoms with van der Waals surface area (Å²) in [6, 6.07) is 0. The molecule has 0 saturated heterocycles. The Hall–Kier alpha value is 1.51. The van der Waals surface area contributed by atoms with Gasteiger partial charge in [0.2, 0.25) is 0 Å². The Bertz CT molecular complexity index is 387. The first-order chi connectivity index (χ1) is 11.9. The summed E-state index contributed by atoms with van der Waals surface area (Å²) in [7, 11) is -4.26. The predicted octanol–water partition coefficient (Wildman–Crippen LogP) is 2.55. The third-order valence-electron chi connectivity index (χ3n) is 5.00. The summed E-state index contributed by atoms with van der Waals surface area (Å²) in [5.41, 5.74) is 0. The van der Waals surface area contributed by atoms with Gasteiger partial charge in [0, 0.05) is 5.25 Å². The van der Waals surface area contributed by atoms with Crippen molar-refractivity contribution < 1.29 is 69.5 Å². The third-order valence-corrected chi connectivity index (χ3v) is 6.29. The van der Waals surface area contributed by atoms with Gasteiger partial charge in [-0.2, -0.15) is 0 Å². The van der Waals surface area contributed by atoms with Crippen LogP contribution in [0.1, 0.15) is 117 Å². The second-order valence-electron chi connectivity index (χ2n) is 7.46. The number of unbranched alkanes of at least 4 members (excludes halogenated alkanes) is 10. The zero-order valence-electron chi connectivity index (χ0n) is 17.5. The molecule has 0 saturated carbocycles. The van der Waals surface area contributed by atoms with E-state index in [0.717, 1.165) is 38.5 Å². The number of aliphatic hydroxyl groups excluding tert-OH is 1. The van der Waals surface area contributed by atoms with Gasteiger partial charge in [-0.3, -0.25) is 0 Å². The number of hydrogen-bond acceptors (Lipinski definition) is 4. The molecule has 0 radical (unpaired) electrons. The van der Waals surface area contributed by atoms with Crippen LogP contribution in [-0.2, 0) is 10.1 Å². The van der Waals surface area contributed by atoms with Crippen molar-refractivity contribution in [2.45, 2.75) is 128 Å². The van der Waals surface area contributed by atoms with Gasteiger partial charge in [-0.15, -0.1) is 0 Å². The molecule has 0 bridgehead atoms. The van der Waals surface area contributed by atoms with E-state index in [2.05, 4.69) is 13.8 Å². The van der Waals surface area contributed by atoms with Gasteiger partial charge in [0.1, 0.15) is 0 Å². The minimum atomic E-state index is -4.26. The van der Waals surface area contributed by atoms with E-state index in [1.54, 1.807) is 0 Å². The van der Waals surface area contributed by atoms with E-state index < -0.39 is 21.5 Å². The van der Waals surface area contributed by atoms with Crippen LogP contribution in [-0.4, -0.2) is 29.4 Å². The van der Waals surface area contributed by atoms with Crippen LogP contribution in [0, 0.1) is 0 Å². The molecule has 0 amide bonds. The molecule has 0 aromatic carbocycles. The average molecular weight is 417 g/mol. The normalized spacial score (nSPS) is 14.0. The maximum absolute atomic E-state index is 11.4. The monoisotopic (exact) mass is 416 g/mol. The van der Waals surface area contributed by atoms with Gasteiger partial charge in [-0.25, -0.2) is 8.42 Å². The summed E-state index contributed by atoms with van der Waals surface area (Å²) < 4.78 is 34.3. The number of hydrogen-bond donors (Lipinski definition) is 1. The molecule has 0 fully saturated rings. The van der Waals surface area contributed by atoms with E-state index in [-0.39, 0.29) is 51.4 Å². The summed E-state index contributed by atoms with van der Waals surface area (Å²) in [5.74, 6) is 0. The Morgan fingerprint density at radius 1 is 0.692 bits per heavy atom. The molecule has 0 heterocycles. The van der Waals surface area contributed by atoms with Crippen molar-refractivity contribution in [3.05, 3.63) is 0 Å². The third kappa shape index (κ3) is 18.9. The van der Waals surface area contributed by atoms with Crippen LogP contribution in [0.15, 0.2) is 0 Å². The maximum Gasteiger partial charge on any atom is 1.00 e. The van der Waals surface area contributed by atoms with Crippen LogP contribution in [0.25, 0.3) is 0 Å². The van der Waals surface area contributed by atoms with Crippen LogP contribution >= 0.6 is 0 Å². The standard InChI is InChI=1S/C20H42O4S.K/c1-3-5-7-9-10-11-12-14-16-20(25(22,23)24)18-17-19(21)15-13-8-6-4-2;/h19-21H,3-18H2,1-2H3,(H,22,23,24);/q;+1/p-1. The summed E-state index contributed by atoms with van der Waals surface area (Å²) in [6.45, 7) is 4.34. The van der Waals surface area contributed by atoms with Crippen molar-refractivity contribution in [1.29, 1.82) is 0 Å². The zero-order valence-corrected chi connectivity index (χ0v) is 21.5. The van der Waals surface area contributed by atoms with Gasteiger partial charge in [-0.1, -0.05) is 90.9 Å². The summed E-state index contributed by atoms with van der Waals surface area (Å²) >= 11 is 0. The van der Waals surface area contributed by atoms with Gasteiger partial charge < -0.3 is 9.66 Å². The zero-order chi connectivity index (χ0) is 19.0. The van der Waals surface area contributed by atoms with Gasteiger partial charge in [0.05, 0.1) is 16.2 Å². The molecule has 0 aliphatic heterocycles. The van der Waals surface area contributed by atoms with Gasteiger partial charge in [-0.05, 0) is 25.7 Å². The van der Waals surface area contributed by atoms with Crippen molar-refractivity contribution in [3.63, 3.8) is 0 Å². The fraction of sp³-hybridized carbons (Fsp3) is 1.00. The quantitative estimate of drug-likeness (QED) is 0.212. The van der Waals surface area contributed by atoms with Gasteiger partial charge in [0.25, 0.3) is 0 Å². The summed E-state index contributed by atoms with van der Waals surface area (Å²) in [4.78, 5) is 0. The Balaban J connectivity index is 0. The van der Waals surface area contributed by atoms with Crippen molar-refractivity contribution in [2.75, 3.05) is 0 Å². The van der Waals surface area contributed by atoms with Crippen LogP contribution in [0.4, 0.5) is 0 Å². The SMILES string of the molecule is CCCCCCCCCCC(CCC(O)CCCCCC)S(=O)(=O)[O-].[K+]. The Morgan fingerprint density at radius 2 is 1.12 bits per heavy atom. The molecule has 0 aromatic heterocycles. The second-order valence-corrected chi connectivity index (χ2v) is 9.11. The Morgan fingerprint density at radius 3 is 1.62 bits per heavy atom. The molecule has 6 heteroatoms. The molecule has 26 heavy (non-hydrogen) atoms. The second kappa shape index (κ2) is 19.8. The molecule has 152 valence electrons. The fourth-order valence-corrected chi connectivity index (χ4v) is 4.15. The van der Waals surface area contributed by atoms with E-state index >= 15 is 0 Å². The van der Waals surface area contributed by atoms with E-state index in [0.29, 0.717) is 25.7 Å². The van der Waals surface area contributed by atoms with Gasteiger partial charge in [0.15, 0.2) is 0 Å². The van der Waals surface area contributed by atoms with Crippen molar-refractivity contribution in [2.24, 2.45) is 0 Å². The molecule has 0 aliphatic carbocycles. The van der Waals surface area contributed by atoms with E-state index in [1.807, 2.05) is 0 Å². The molecule has 4 nitrogen and oxygen atoms in total. The first-order valence-corrected chi connectivity index (χ1v) is 12.0. The van der Waals surface area contributed by atoms with Crippen molar-refractivity contribution in [3.8, 4) is 0 Å². The van der Waals surface area contributed by atoms with Crippen molar-refractivity contribution in [1.82, 2.24) is 0 Å². The molecule has 2 atom stereocenters. The van der Waals surface area contributed by atoms with Crippen LogP contribution in [0.3, 0.4) is 0 Å². The predicted molar refractivity (Wildman–Crippen MR) is 105 cm³/mol. The van der Waals surface area contributed by atoms with Gasteiger partial charge >= 0.3 is 51.4 Å². The molecule has 1 N–H and O–H groups in total. The smallest absolute Gasteiger partial charge is 0.748 e. The molecular formula is C20H41KO4S. The van der Waals surface area contributed by atoms with E-state index in [1.165, 1.54) is 38.5 Å². The van der Waals surface area contributed by atoms with Crippen LogP contribution < -0.4 is 51.4 Å². The minimum absolute atomic E-state index is 0. The largest absolute Gasteiger partial charge is 1.00 e. The fourth-order valence-electron chi connectivity index (χ4n) is 3.27. The first kappa shape index (κ1) is 29.7. The summed E-state index contributed by atoms with van der Waals surface area (Å²) in [6.07, 6.45) is 15.0. The molecule has 0 spiro atoms. The van der Waals surface area contributed by atoms with E-state index in [9.17, 15) is 18.1 Å². The topological polar surface area (TPSA) is 77.4 Å². The molecule has 0 aliphatic rings. The van der Waals surface area contributed by atoms with Crippen LogP contribution in [0.5, 0.6) is 0 Å². The number of rotatable bonds is 18. The molecule has 0 rings (SSSR count). The Labute approximate surface area is 205 Å². The maximum atomic E-state index is 11.4. The first-order valence-electron chi connectivity index (χ1n) is 10.5. The number of aliphatic hydroxyl groups is 1. The summed E-state index contributed by atoms with van der Waals surface area (Å²) in [5, 5.41) is 9.16. The Kier molecular flexibility index (Phi) is 22.6. The molecule has 2 unspecified atom stereocenters. The van der Waals surface area contributed by atoms with Crippen LogP contribution in [0.2, 0.25) is 0 Å². The minimum Gasteiger partial charge on any atom is -0.748 e. The van der Waals surface area contributed by atoms with E-state index in [4.69, 9.17) is 0 Å². The molecule has 0 aromatic rings. The average Bonchev–Trinajstić information content (AvgIpc) is 2.55.